The van der Waals surface area contributed by atoms with Crippen LogP contribution in [0.15, 0.2) is 60.8 Å². The zero-order chi connectivity index (χ0) is 16.2. The number of hydrogen-bond acceptors (Lipinski definition) is 4. The minimum absolute atomic E-state index is 0.194. The fraction of sp³-hybridized carbons (Fsp3) is 0.158. The molecule has 0 bridgehead atoms. The summed E-state index contributed by atoms with van der Waals surface area (Å²) in [6.07, 6.45) is -0.609. The lowest BCUT2D eigenvalue weighted by atomic mass is 9.95. The predicted molar refractivity (Wildman–Crippen MR) is 86.1 cm³/mol. The molecule has 0 fully saturated rings. The molecule has 0 radical (unpaired) electrons. The second kappa shape index (κ2) is 6.42. The summed E-state index contributed by atoms with van der Waals surface area (Å²) >= 11 is 0. The molecule has 0 saturated carbocycles. The molecule has 4 heteroatoms. The van der Waals surface area contributed by atoms with Gasteiger partial charge in [0, 0.05) is 18.1 Å². The van der Waals surface area contributed by atoms with Gasteiger partial charge in [-0.3, -0.25) is 4.79 Å². The highest BCUT2D eigenvalue weighted by Gasteiger charge is 2.24. The lowest BCUT2D eigenvalue weighted by molar-refractivity contribution is -0.144. The van der Waals surface area contributed by atoms with Gasteiger partial charge in [-0.2, -0.15) is 0 Å². The first kappa shape index (κ1) is 14.9. The first-order chi connectivity index (χ1) is 11.2. The maximum atomic E-state index is 11.6. The highest BCUT2D eigenvalue weighted by atomic mass is 16.7. The molecule has 0 spiro atoms. The molecule has 1 unspecified atom stereocenters. The standard InChI is InChI=1S/C19H16O4/c1-3-16(14-7-5-4-6-8-14)19(23-13(2)20)15-9-10-17-18(11-15)22-12-21-17/h4-11,19H,1,12H2,2H3. The molecule has 1 aliphatic heterocycles. The maximum absolute atomic E-state index is 11.6. The molecular weight excluding hydrogens is 292 g/mol. The Balaban J connectivity index is 2.04. The summed E-state index contributed by atoms with van der Waals surface area (Å²) in [5.74, 6) is 0.937. The molecule has 1 aliphatic rings. The van der Waals surface area contributed by atoms with Gasteiger partial charge in [0.2, 0.25) is 6.79 Å². The van der Waals surface area contributed by atoms with E-state index in [1.807, 2.05) is 42.5 Å². The molecule has 116 valence electrons. The van der Waals surface area contributed by atoms with Crippen molar-refractivity contribution in [2.75, 3.05) is 6.79 Å². The van der Waals surface area contributed by atoms with Crippen LogP contribution in [0.25, 0.3) is 5.57 Å². The molecule has 4 nitrogen and oxygen atoms in total. The van der Waals surface area contributed by atoms with Crippen LogP contribution in [0.1, 0.15) is 24.2 Å². The third-order valence-electron chi connectivity index (χ3n) is 3.52. The molecule has 0 amide bonds. The van der Waals surface area contributed by atoms with Crippen molar-refractivity contribution in [3.8, 4) is 11.5 Å². The van der Waals surface area contributed by atoms with Crippen molar-refractivity contribution in [3.05, 3.63) is 72.0 Å². The van der Waals surface area contributed by atoms with Crippen molar-refractivity contribution in [2.24, 2.45) is 0 Å². The minimum atomic E-state index is -0.609. The molecule has 0 saturated heterocycles. The number of fused-ring (bicyclic) bond motifs is 1. The van der Waals surface area contributed by atoms with E-state index in [2.05, 4.69) is 12.3 Å². The molecule has 23 heavy (non-hydrogen) atoms. The predicted octanol–water partition coefficient (Wildman–Crippen LogP) is 3.89. The van der Waals surface area contributed by atoms with Gasteiger partial charge in [0.05, 0.1) is 0 Å². The monoisotopic (exact) mass is 308 g/mol. The lowest BCUT2D eigenvalue weighted by Crippen LogP contribution is -2.10. The molecule has 0 aliphatic carbocycles. The number of carbonyl (C=O) groups excluding carboxylic acids is 1. The van der Waals surface area contributed by atoms with E-state index in [1.54, 1.807) is 6.07 Å². The Bertz CT molecular complexity index is 773. The number of ether oxygens (including phenoxy) is 3. The van der Waals surface area contributed by atoms with Crippen molar-refractivity contribution < 1.29 is 19.0 Å². The van der Waals surface area contributed by atoms with Gasteiger partial charge in [-0.05, 0) is 17.7 Å². The average molecular weight is 308 g/mol. The Kier molecular flexibility index (Phi) is 4.18. The Morgan fingerprint density at radius 1 is 1.17 bits per heavy atom. The van der Waals surface area contributed by atoms with Gasteiger partial charge in [0.25, 0.3) is 0 Å². The lowest BCUT2D eigenvalue weighted by Gasteiger charge is -2.20. The van der Waals surface area contributed by atoms with E-state index in [-0.39, 0.29) is 12.8 Å². The fourth-order valence-corrected chi connectivity index (χ4v) is 2.50. The van der Waals surface area contributed by atoms with Gasteiger partial charge in [0.15, 0.2) is 17.6 Å². The summed E-state index contributed by atoms with van der Waals surface area (Å²) in [6, 6.07) is 15.1. The van der Waals surface area contributed by atoms with E-state index >= 15 is 0 Å². The van der Waals surface area contributed by atoms with Gasteiger partial charge >= 0.3 is 5.97 Å². The summed E-state index contributed by atoms with van der Waals surface area (Å²) in [4.78, 5) is 11.6. The minimum Gasteiger partial charge on any atom is -0.454 e. The van der Waals surface area contributed by atoms with Crippen LogP contribution in [0, 0.1) is 0 Å². The SMILES string of the molecule is C=C=C(c1ccccc1)C(OC(C)=O)c1ccc2c(c1)OCO2. The molecule has 0 aromatic heterocycles. The second-order valence-electron chi connectivity index (χ2n) is 5.06. The third-order valence-corrected chi connectivity index (χ3v) is 3.52. The van der Waals surface area contributed by atoms with Crippen LogP contribution >= 0.6 is 0 Å². The Morgan fingerprint density at radius 3 is 2.61 bits per heavy atom. The average Bonchev–Trinajstić information content (AvgIpc) is 3.03. The van der Waals surface area contributed by atoms with Crippen LogP contribution in [-0.2, 0) is 9.53 Å². The molecule has 0 N–H and O–H groups in total. The third kappa shape index (κ3) is 3.12. The Morgan fingerprint density at radius 2 is 1.91 bits per heavy atom. The summed E-state index contributed by atoms with van der Waals surface area (Å²) < 4.78 is 16.3. The highest BCUT2D eigenvalue weighted by molar-refractivity contribution is 5.74. The highest BCUT2D eigenvalue weighted by Crippen LogP contribution is 2.39. The number of benzene rings is 2. The molecule has 3 rings (SSSR count). The quantitative estimate of drug-likeness (QED) is 0.635. The van der Waals surface area contributed by atoms with Crippen molar-refractivity contribution in [2.45, 2.75) is 13.0 Å². The van der Waals surface area contributed by atoms with Crippen LogP contribution in [-0.4, -0.2) is 12.8 Å². The maximum Gasteiger partial charge on any atom is 0.303 e. The molecule has 2 aromatic rings. The van der Waals surface area contributed by atoms with Crippen molar-refractivity contribution in [1.29, 1.82) is 0 Å². The Labute approximate surface area is 134 Å². The van der Waals surface area contributed by atoms with Gasteiger partial charge in [-0.25, -0.2) is 0 Å². The van der Waals surface area contributed by atoms with Gasteiger partial charge < -0.3 is 14.2 Å². The van der Waals surface area contributed by atoms with Crippen LogP contribution in [0.5, 0.6) is 11.5 Å². The second-order valence-corrected chi connectivity index (χ2v) is 5.06. The van der Waals surface area contributed by atoms with Crippen molar-refractivity contribution >= 4 is 11.5 Å². The van der Waals surface area contributed by atoms with Gasteiger partial charge in [-0.1, -0.05) is 43.0 Å². The van der Waals surface area contributed by atoms with E-state index in [0.717, 1.165) is 11.1 Å². The molecule has 2 aromatic carbocycles. The smallest absolute Gasteiger partial charge is 0.303 e. The first-order valence-corrected chi connectivity index (χ1v) is 7.21. The summed E-state index contributed by atoms with van der Waals surface area (Å²) in [6.45, 7) is 5.33. The van der Waals surface area contributed by atoms with E-state index in [1.165, 1.54) is 6.92 Å². The van der Waals surface area contributed by atoms with Crippen LogP contribution in [0.4, 0.5) is 0 Å². The zero-order valence-corrected chi connectivity index (χ0v) is 12.7. The largest absolute Gasteiger partial charge is 0.454 e. The number of carbonyl (C=O) groups is 1. The number of rotatable bonds is 4. The van der Waals surface area contributed by atoms with Crippen molar-refractivity contribution in [3.63, 3.8) is 0 Å². The van der Waals surface area contributed by atoms with Crippen LogP contribution in [0.3, 0.4) is 0 Å². The first-order valence-electron chi connectivity index (χ1n) is 7.21. The van der Waals surface area contributed by atoms with E-state index in [0.29, 0.717) is 17.1 Å². The summed E-state index contributed by atoms with van der Waals surface area (Å²) in [7, 11) is 0. The summed E-state index contributed by atoms with van der Waals surface area (Å²) in [5, 5.41) is 0. The number of esters is 1. The van der Waals surface area contributed by atoms with Crippen LogP contribution < -0.4 is 9.47 Å². The Hall–Kier alpha value is -2.97. The van der Waals surface area contributed by atoms with Crippen molar-refractivity contribution in [1.82, 2.24) is 0 Å². The topological polar surface area (TPSA) is 44.8 Å². The van der Waals surface area contributed by atoms with E-state index in [9.17, 15) is 4.79 Å². The van der Waals surface area contributed by atoms with E-state index < -0.39 is 6.10 Å². The zero-order valence-electron chi connectivity index (χ0n) is 12.7. The molecule has 1 atom stereocenters. The molecular formula is C19H16O4. The fourth-order valence-electron chi connectivity index (χ4n) is 2.50. The summed E-state index contributed by atoms with van der Waals surface area (Å²) in [5.41, 5.74) is 5.27. The van der Waals surface area contributed by atoms with E-state index in [4.69, 9.17) is 14.2 Å². The normalized spacial score (nSPS) is 13.1. The molecule has 1 heterocycles. The van der Waals surface area contributed by atoms with Gasteiger partial charge in [0.1, 0.15) is 0 Å². The van der Waals surface area contributed by atoms with Crippen LogP contribution in [0.2, 0.25) is 0 Å². The van der Waals surface area contributed by atoms with Gasteiger partial charge in [-0.15, -0.1) is 5.73 Å². The number of hydrogen-bond donors (Lipinski definition) is 0.